The molecule has 122 valence electrons. The highest BCUT2D eigenvalue weighted by atomic mass is 19.4. The van der Waals surface area contributed by atoms with Gasteiger partial charge in [0.25, 0.3) is 0 Å². The Balaban J connectivity index is 2.92. The lowest BCUT2D eigenvalue weighted by atomic mass is 10.0. The minimum Gasteiger partial charge on any atom is -0.327 e. The summed E-state index contributed by atoms with van der Waals surface area (Å²) in [6.45, 7) is 3.71. The fourth-order valence-corrected chi connectivity index (χ4v) is 1.76. The van der Waals surface area contributed by atoms with E-state index in [0.29, 0.717) is 5.56 Å². The van der Waals surface area contributed by atoms with E-state index in [0.717, 1.165) is 23.2 Å². The highest BCUT2D eigenvalue weighted by Crippen LogP contribution is 2.21. The summed E-state index contributed by atoms with van der Waals surface area (Å²) in [6.07, 6.45) is 0.0752. The van der Waals surface area contributed by atoms with Crippen molar-refractivity contribution in [3.05, 3.63) is 35.9 Å². The molecule has 0 aromatic carbocycles. The summed E-state index contributed by atoms with van der Waals surface area (Å²) in [5.41, 5.74) is 0.303. The molecule has 0 fully saturated rings. The Kier molecular flexibility index (Phi) is 6.08. The standard InChI is InChI=1S/C15H18F4N2O/c1-10(2)11(3)21(9-15(17,18)19)14(22)5-4-12-6-13(16)8-20-7-12/h4-8,10-11H,9H2,1-3H3/b5-4+/t11-/m0/s1. The van der Waals surface area contributed by atoms with E-state index in [1.54, 1.807) is 20.8 Å². The summed E-state index contributed by atoms with van der Waals surface area (Å²) >= 11 is 0. The molecule has 0 bridgehead atoms. The van der Waals surface area contributed by atoms with Crippen molar-refractivity contribution in [3.8, 4) is 0 Å². The summed E-state index contributed by atoms with van der Waals surface area (Å²) in [7, 11) is 0. The van der Waals surface area contributed by atoms with Crippen LogP contribution < -0.4 is 0 Å². The molecule has 1 atom stereocenters. The third-order valence-electron chi connectivity index (χ3n) is 3.23. The lowest BCUT2D eigenvalue weighted by Gasteiger charge is -2.31. The van der Waals surface area contributed by atoms with Crippen molar-refractivity contribution >= 4 is 12.0 Å². The highest BCUT2D eigenvalue weighted by molar-refractivity contribution is 5.92. The quantitative estimate of drug-likeness (QED) is 0.613. The molecule has 1 heterocycles. The van der Waals surface area contributed by atoms with Gasteiger partial charge in [-0.2, -0.15) is 13.2 Å². The van der Waals surface area contributed by atoms with Crippen LogP contribution in [0.15, 0.2) is 24.5 Å². The van der Waals surface area contributed by atoms with Crippen LogP contribution in [0.1, 0.15) is 26.3 Å². The zero-order valence-corrected chi connectivity index (χ0v) is 12.6. The van der Waals surface area contributed by atoms with Gasteiger partial charge in [-0.15, -0.1) is 0 Å². The maximum atomic E-state index is 13.0. The Bertz CT molecular complexity index is 541. The summed E-state index contributed by atoms with van der Waals surface area (Å²) in [4.78, 5) is 16.4. The number of nitrogens with zero attached hydrogens (tertiary/aromatic N) is 2. The van der Waals surface area contributed by atoms with Crippen LogP contribution in [0.5, 0.6) is 0 Å². The Labute approximate surface area is 126 Å². The predicted octanol–water partition coefficient (Wildman–Crippen LogP) is 3.67. The van der Waals surface area contributed by atoms with Crippen LogP contribution in [0.2, 0.25) is 0 Å². The van der Waals surface area contributed by atoms with Crippen molar-refractivity contribution < 1.29 is 22.4 Å². The normalized spacial score (nSPS) is 13.6. The molecule has 1 rings (SSSR count). The van der Waals surface area contributed by atoms with Gasteiger partial charge in [0.15, 0.2) is 0 Å². The van der Waals surface area contributed by atoms with Crippen LogP contribution in [0.4, 0.5) is 17.6 Å². The van der Waals surface area contributed by atoms with Crippen molar-refractivity contribution in [1.82, 2.24) is 9.88 Å². The van der Waals surface area contributed by atoms with E-state index in [9.17, 15) is 22.4 Å². The molecule has 1 amide bonds. The number of hydrogen-bond donors (Lipinski definition) is 0. The monoisotopic (exact) mass is 318 g/mol. The molecule has 22 heavy (non-hydrogen) atoms. The van der Waals surface area contributed by atoms with Gasteiger partial charge < -0.3 is 4.90 Å². The number of hydrogen-bond acceptors (Lipinski definition) is 2. The molecule has 0 spiro atoms. The molecular formula is C15H18F4N2O. The largest absolute Gasteiger partial charge is 0.406 e. The van der Waals surface area contributed by atoms with Gasteiger partial charge in [-0.05, 0) is 30.5 Å². The third kappa shape index (κ3) is 5.83. The molecule has 7 heteroatoms. The lowest BCUT2D eigenvalue weighted by Crippen LogP contribution is -2.45. The topological polar surface area (TPSA) is 33.2 Å². The van der Waals surface area contributed by atoms with Crippen LogP contribution in [0.3, 0.4) is 0 Å². The van der Waals surface area contributed by atoms with Gasteiger partial charge in [-0.1, -0.05) is 13.8 Å². The summed E-state index contributed by atoms with van der Waals surface area (Å²) < 4.78 is 50.9. The fraction of sp³-hybridized carbons (Fsp3) is 0.467. The Morgan fingerprint density at radius 3 is 2.45 bits per heavy atom. The van der Waals surface area contributed by atoms with Gasteiger partial charge in [-0.25, -0.2) is 4.39 Å². The number of carbonyl (C=O) groups excluding carboxylic acids is 1. The van der Waals surface area contributed by atoms with Crippen LogP contribution in [-0.4, -0.2) is 34.6 Å². The van der Waals surface area contributed by atoms with E-state index >= 15 is 0 Å². The average Bonchev–Trinajstić information content (AvgIpc) is 2.40. The van der Waals surface area contributed by atoms with Crippen molar-refractivity contribution in [1.29, 1.82) is 0 Å². The number of alkyl halides is 3. The zero-order valence-electron chi connectivity index (χ0n) is 12.6. The van der Waals surface area contributed by atoms with E-state index in [1.807, 2.05) is 0 Å². The minimum absolute atomic E-state index is 0.129. The molecule has 0 radical (unpaired) electrons. The number of pyridine rings is 1. The first-order valence-electron chi connectivity index (χ1n) is 6.76. The van der Waals surface area contributed by atoms with E-state index in [-0.39, 0.29) is 5.92 Å². The summed E-state index contributed by atoms with van der Waals surface area (Å²) in [6, 6.07) is 0.556. The highest BCUT2D eigenvalue weighted by Gasteiger charge is 2.35. The van der Waals surface area contributed by atoms with Crippen molar-refractivity contribution in [2.45, 2.75) is 33.0 Å². The molecule has 0 saturated heterocycles. The second-order valence-corrected chi connectivity index (χ2v) is 5.34. The van der Waals surface area contributed by atoms with Gasteiger partial charge in [0, 0.05) is 18.3 Å². The maximum Gasteiger partial charge on any atom is 0.406 e. The first kappa shape index (κ1) is 18.1. The van der Waals surface area contributed by atoms with Gasteiger partial charge in [-0.3, -0.25) is 9.78 Å². The van der Waals surface area contributed by atoms with E-state index in [2.05, 4.69) is 4.98 Å². The number of carbonyl (C=O) groups is 1. The Morgan fingerprint density at radius 2 is 1.95 bits per heavy atom. The molecule has 0 aliphatic carbocycles. The second-order valence-electron chi connectivity index (χ2n) is 5.34. The van der Waals surface area contributed by atoms with E-state index in [4.69, 9.17) is 0 Å². The number of halogens is 4. The number of rotatable bonds is 5. The fourth-order valence-electron chi connectivity index (χ4n) is 1.76. The second kappa shape index (κ2) is 7.38. The summed E-state index contributed by atoms with van der Waals surface area (Å²) in [5, 5.41) is 0. The van der Waals surface area contributed by atoms with Crippen molar-refractivity contribution in [2.75, 3.05) is 6.54 Å². The lowest BCUT2D eigenvalue weighted by molar-refractivity contribution is -0.163. The van der Waals surface area contributed by atoms with Gasteiger partial charge >= 0.3 is 6.18 Å². The van der Waals surface area contributed by atoms with E-state index in [1.165, 1.54) is 12.3 Å². The molecule has 0 N–H and O–H groups in total. The molecule has 1 aromatic heterocycles. The van der Waals surface area contributed by atoms with Gasteiger partial charge in [0.2, 0.25) is 5.91 Å². The summed E-state index contributed by atoms with van der Waals surface area (Å²) in [5.74, 6) is -1.49. The van der Waals surface area contributed by atoms with Crippen LogP contribution in [0, 0.1) is 11.7 Å². The molecule has 1 aromatic rings. The predicted molar refractivity (Wildman–Crippen MR) is 75.3 cm³/mol. The molecule has 0 aliphatic rings. The molecule has 0 saturated carbocycles. The zero-order chi connectivity index (χ0) is 16.9. The van der Waals surface area contributed by atoms with Crippen LogP contribution >= 0.6 is 0 Å². The first-order valence-corrected chi connectivity index (χ1v) is 6.76. The Morgan fingerprint density at radius 1 is 1.32 bits per heavy atom. The smallest absolute Gasteiger partial charge is 0.327 e. The van der Waals surface area contributed by atoms with Crippen molar-refractivity contribution in [3.63, 3.8) is 0 Å². The average molecular weight is 318 g/mol. The Hall–Kier alpha value is -1.92. The van der Waals surface area contributed by atoms with Crippen molar-refractivity contribution in [2.24, 2.45) is 5.92 Å². The maximum absolute atomic E-state index is 13.0. The van der Waals surface area contributed by atoms with Gasteiger partial charge in [0.05, 0.1) is 6.20 Å². The first-order chi connectivity index (χ1) is 10.1. The van der Waals surface area contributed by atoms with Crippen LogP contribution in [-0.2, 0) is 4.79 Å². The number of amides is 1. The minimum atomic E-state index is -4.48. The number of aromatic nitrogens is 1. The van der Waals surface area contributed by atoms with E-state index < -0.39 is 30.5 Å². The third-order valence-corrected chi connectivity index (χ3v) is 3.23. The molecular weight excluding hydrogens is 300 g/mol. The molecule has 0 unspecified atom stereocenters. The van der Waals surface area contributed by atoms with Gasteiger partial charge in [0.1, 0.15) is 12.4 Å². The SMILES string of the molecule is CC(C)[C@H](C)N(CC(F)(F)F)C(=O)/C=C/c1cncc(F)c1. The molecule has 0 aliphatic heterocycles. The molecule has 3 nitrogen and oxygen atoms in total. The van der Waals surface area contributed by atoms with Crippen LogP contribution in [0.25, 0.3) is 6.08 Å².